The van der Waals surface area contributed by atoms with Gasteiger partial charge in [-0.25, -0.2) is 0 Å². The Balaban J connectivity index is 1.84. The van der Waals surface area contributed by atoms with Crippen LogP contribution in [0.3, 0.4) is 0 Å². The molecule has 1 saturated heterocycles. The Kier molecular flexibility index (Phi) is 2.02. The Morgan fingerprint density at radius 2 is 2.40 bits per heavy atom. The Hall–Kier alpha value is -0.960. The lowest BCUT2D eigenvalue weighted by Gasteiger charge is -2.26. The number of rotatable bonds is 1. The molecule has 0 N–H and O–H groups in total. The molecule has 1 saturated carbocycles. The van der Waals surface area contributed by atoms with Crippen molar-refractivity contribution >= 4 is 17.5 Å². The molecule has 3 rings (SSSR count). The quantitative estimate of drug-likeness (QED) is 0.736. The zero-order chi connectivity index (χ0) is 10.4. The molecule has 2 unspecified atom stereocenters. The minimum Gasteiger partial charge on any atom is -0.452 e. The van der Waals surface area contributed by atoms with E-state index in [2.05, 4.69) is 0 Å². The van der Waals surface area contributed by atoms with Gasteiger partial charge in [-0.15, -0.1) is 0 Å². The van der Waals surface area contributed by atoms with Crippen molar-refractivity contribution in [3.05, 3.63) is 23.1 Å². The number of piperidine rings is 1. The molecule has 1 aliphatic carbocycles. The fraction of sp³-hybridized carbons (Fsp3) is 0.545. The Bertz CT molecular complexity index is 401. The number of hydrogen-bond acceptors (Lipinski definition) is 2. The van der Waals surface area contributed by atoms with E-state index >= 15 is 0 Å². The lowest BCUT2D eigenvalue weighted by Crippen LogP contribution is -2.37. The normalized spacial score (nSPS) is 28.7. The molecule has 1 aromatic heterocycles. The molecule has 0 spiro atoms. The summed E-state index contributed by atoms with van der Waals surface area (Å²) in [5.41, 5.74) is 0.504. The smallest absolute Gasteiger partial charge is 0.258 e. The fourth-order valence-electron chi connectivity index (χ4n) is 2.77. The van der Waals surface area contributed by atoms with E-state index in [4.69, 9.17) is 16.0 Å². The van der Waals surface area contributed by atoms with Crippen LogP contribution < -0.4 is 0 Å². The fourth-order valence-corrected chi connectivity index (χ4v) is 2.97. The van der Waals surface area contributed by atoms with Gasteiger partial charge in [0.25, 0.3) is 5.91 Å². The third kappa shape index (κ3) is 1.37. The van der Waals surface area contributed by atoms with Crippen LogP contribution in [-0.4, -0.2) is 23.4 Å². The van der Waals surface area contributed by atoms with Crippen molar-refractivity contribution in [2.45, 2.75) is 25.3 Å². The molecule has 2 fully saturated rings. The average molecular weight is 226 g/mol. The second kappa shape index (κ2) is 3.27. The molecule has 1 aliphatic heterocycles. The van der Waals surface area contributed by atoms with E-state index in [1.165, 1.54) is 19.1 Å². The highest BCUT2D eigenvalue weighted by atomic mass is 35.5. The molecular formula is C11H12ClNO2. The second-order valence-corrected chi connectivity index (χ2v) is 4.74. The minimum atomic E-state index is 0.0287. The highest BCUT2D eigenvalue weighted by Crippen LogP contribution is 2.38. The Morgan fingerprint density at radius 1 is 1.53 bits per heavy atom. The maximum atomic E-state index is 12.1. The number of amides is 1. The maximum absolute atomic E-state index is 12.1. The third-order valence-electron chi connectivity index (χ3n) is 3.52. The van der Waals surface area contributed by atoms with Gasteiger partial charge in [-0.05, 0) is 42.8 Å². The summed E-state index contributed by atoms with van der Waals surface area (Å²) in [6, 6.07) is 2.09. The van der Waals surface area contributed by atoms with Crippen molar-refractivity contribution in [2.75, 3.05) is 6.54 Å². The molecule has 3 nitrogen and oxygen atoms in total. The van der Waals surface area contributed by atoms with Gasteiger partial charge in [-0.3, -0.25) is 4.79 Å². The first-order valence-electron chi connectivity index (χ1n) is 5.29. The summed E-state index contributed by atoms with van der Waals surface area (Å²) in [6.07, 6.45) is 5.05. The summed E-state index contributed by atoms with van der Waals surface area (Å²) in [4.78, 5) is 14.0. The number of halogens is 1. The second-order valence-electron chi connectivity index (χ2n) is 4.40. The van der Waals surface area contributed by atoms with Gasteiger partial charge in [0.2, 0.25) is 5.22 Å². The predicted octanol–water partition coefficient (Wildman–Crippen LogP) is 2.56. The van der Waals surface area contributed by atoms with Crippen LogP contribution in [0, 0.1) is 5.92 Å². The Morgan fingerprint density at radius 3 is 2.93 bits per heavy atom. The van der Waals surface area contributed by atoms with Crippen molar-refractivity contribution in [2.24, 2.45) is 5.92 Å². The number of nitrogens with zero attached hydrogens (tertiary/aromatic N) is 1. The third-order valence-corrected chi connectivity index (χ3v) is 3.81. The summed E-state index contributed by atoms with van der Waals surface area (Å²) in [6.45, 7) is 0.894. The topological polar surface area (TPSA) is 33.5 Å². The first kappa shape index (κ1) is 9.28. The van der Waals surface area contributed by atoms with Crippen molar-refractivity contribution < 1.29 is 9.21 Å². The molecule has 2 heterocycles. The highest BCUT2D eigenvalue weighted by Gasteiger charge is 2.41. The van der Waals surface area contributed by atoms with Crippen LogP contribution in [0.1, 0.15) is 29.6 Å². The van der Waals surface area contributed by atoms with Gasteiger partial charge in [0.1, 0.15) is 0 Å². The SMILES string of the molecule is O=C(c1ccoc1Cl)N1CC2CCC1C2. The van der Waals surface area contributed by atoms with E-state index in [1.54, 1.807) is 6.07 Å². The van der Waals surface area contributed by atoms with Crippen LogP contribution in [0.15, 0.2) is 16.7 Å². The van der Waals surface area contributed by atoms with E-state index in [0.717, 1.165) is 13.0 Å². The summed E-state index contributed by atoms with van der Waals surface area (Å²) in [7, 11) is 0. The van der Waals surface area contributed by atoms with Crippen LogP contribution in [0.4, 0.5) is 0 Å². The number of furan rings is 1. The summed E-state index contributed by atoms with van der Waals surface area (Å²) in [5, 5.41) is 0.211. The number of carbonyl (C=O) groups is 1. The minimum absolute atomic E-state index is 0.0287. The van der Waals surface area contributed by atoms with E-state index in [0.29, 0.717) is 17.5 Å². The van der Waals surface area contributed by atoms with Gasteiger partial charge in [-0.2, -0.15) is 0 Å². The molecule has 80 valence electrons. The van der Waals surface area contributed by atoms with Gasteiger partial charge >= 0.3 is 0 Å². The van der Waals surface area contributed by atoms with E-state index < -0.39 is 0 Å². The monoisotopic (exact) mass is 225 g/mol. The van der Waals surface area contributed by atoms with Crippen LogP contribution in [0.2, 0.25) is 5.22 Å². The van der Waals surface area contributed by atoms with Crippen LogP contribution in [-0.2, 0) is 0 Å². The van der Waals surface area contributed by atoms with Gasteiger partial charge < -0.3 is 9.32 Å². The van der Waals surface area contributed by atoms with E-state index in [-0.39, 0.29) is 11.1 Å². The summed E-state index contributed by atoms with van der Waals surface area (Å²) in [5.74, 6) is 0.741. The zero-order valence-corrected chi connectivity index (χ0v) is 9.04. The van der Waals surface area contributed by atoms with Crippen molar-refractivity contribution in [1.82, 2.24) is 4.90 Å². The molecule has 1 aromatic rings. The lowest BCUT2D eigenvalue weighted by atomic mass is 10.1. The zero-order valence-electron chi connectivity index (χ0n) is 8.28. The van der Waals surface area contributed by atoms with Crippen LogP contribution >= 0.6 is 11.6 Å². The molecule has 2 aliphatic rings. The number of likely N-dealkylation sites (tertiary alicyclic amines) is 1. The van der Waals surface area contributed by atoms with Gasteiger partial charge in [0.15, 0.2) is 0 Å². The number of carbonyl (C=O) groups excluding carboxylic acids is 1. The molecule has 15 heavy (non-hydrogen) atoms. The average Bonchev–Trinajstić information content (AvgIpc) is 2.91. The predicted molar refractivity (Wildman–Crippen MR) is 55.9 cm³/mol. The maximum Gasteiger partial charge on any atom is 0.258 e. The van der Waals surface area contributed by atoms with Gasteiger partial charge in [-0.1, -0.05) is 0 Å². The molecule has 1 amide bonds. The van der Waals surface area contributed by atoms with Crippen LogP contribution in [0.25, 0.3) is 0 Å². The first-order valence-corrected chi connectivity index (χ1v) is 5.67. The summed E-state index contributed by atoms with van der Waals surface area (Å²) < 4.78 is 4.94. The molecule has 2 bridgehead atoms. The number of hydrogen-bond donors (Lipinski definition) is 0. The highest BCUT2D eigenvalue weighted by molar-refractivity contribution is 6.32. The first-order chi connectivity index (χ1) is 7.25. The largest absolute Gasteiger partial charge is 0.452 e. The summed E-state index contributed by atoms with van der Waals surface area (Å²) >= 11 is 5.80. The molecule has 0 radical (unpaired) electrons. The van der Waals surface area contributed by atoms with E-state index in [1.807, 2.05) is 4.90 Å². The number of fused-ring (bicyclic) bond motifs is 2. The molecule has 4 heteroatoms. The standard InChI is InChI=1S/C11H12ClNO2/c12-10-9(3-4-15-10)11(14)13-6-7-1-2-8(13)5-7/h3-4,7-8H,1-2,5-6H2. The van der Waals surface area contributed by atoms with Gasteiger partial charge in [0, 0.05) is 12.6 Å². The van der Waals surface area contributed by atoms with Gasteiger partial charge in [0.05, 0.1) is 11.8 Å². The van der Waals surface area contributed by atoms with Crippen LogP contribution in [0.5, 0.6) is 0 Å². The Labute approximate surface area is 93.0 Å². The lowest BCUT2D eigenvalue weighted by molar-refractivity contribution is 0.0703. The van der Waals surface area contributed by atoms with Crippen molar-refractivity contribution in [3.8, 4) is 0 Å². The molecule has 0 aromatic carbocycles. The van der Waals surface area contributed by atoms with E-state index in [9.17, 15) is 4.79 Å². The van der Waals surface area contributed by atoms with Crippen molar-refractivity contribution in [3.63, 3.8) is 0 Å². The molecular weight excluding hydrogens is 214 g/mol. The van der Waals surface area contributed by atoms with Crippen molar-refractivity contribution in [1.29, 1.82) is 0 Å². The molecule has 2 atom stereocenters.